The van der Waals surface area contributed by atoms with Crippen molar-refractivity contribution in [2.24, 2.45) is 13.0 Å². The summed E-state index contributed by atoms with van der Waals surface area (Å²) in [5.41, 5.74) is 1.25. The Hall–Kier alpha value is -2.01. The molecule has 0 saturated carbocycles. The molecule has 1 N–H and O–H groups in total. The van der Waals surface area contributed by atoms with Crippen LogP contribution in [0.1, 0.15) is 19.4 Å². The van der Waals surface area contributed by atoms with E-state index in [1.54, 1.807) is 13.2 Å². The summed E-state index contributed by atoms with van der Waals surface area (Å²) in [6.07, 6.45) is 1.54. The summed E-state index contributed by atoms with van der Waals surface area (Å²) in [5.74, 6) is 1.31. The number of anilines is 1. The van der Waals surface area contributed by atoms with Crippen molar-refractivity contribution in [2.75, 3.05) is 11.9 Å². The molecule has 0 saturated heterocycles. The molecule has 0 aliphatic rings. The molecule has 0 atom stereocenters. The second-order valence-corrected chi connectivity index (χ2v) is 5.88. The SMILES string of the molecule is CC(C)COc1cccc(CNc2cnn(C)c(=O)c2Cl)c1. The number of aromatic nitrogens is 2. The lowest BCUT2D eigenvalue weighted by molar-refractivity contribution is 0.271. The van der Waals surface area contributed by atoms with Crippen molar-refractivity contribution in [1.82, 2.24) is 9.78 Å². The normalized spacial score (nSPS) is 10.8. The minimum absolute atomic E-state index is 0.143. The van der Waals surface area contributed by atoms with E-state index in [1.165, 1.54) is 4.68 Å². The van der Waals surface area contributed by atoms with Gasteiger partial charge in [-0.25, -0.2) is 4.68 Å². The number of ether oxygens (including phenoxy) is 1. The first kappa shape index (κ1) is 16.4. The fourth-order valence-corrected chi connectivity index (χ4v) is 2.08. The highest BCUT2D eigenvalue weighted by Gasteiger charge is 2.07. The Morgan fingerprint density at radius 3 is 2.91 bits per heavy atom. The molecular weight excluding hydrogens is 302 g/mol. The van der Waals surface area contributed by atoms with Crippen molar-refractivity contribution in [1.29, 1.82) is 0 Å². The molecule has 1 aromatic carbocycles. The van der Waals surface area contributed by atoms with Crippen molar-refractivity contribution in [3.05, 3.63) is 51.4 Å². The minimum atomic E-state index is -0.319. The Labute approximate surface area is 134 Å². The van der Waals surface area contributed by atoms with Gasteiger partial charge in [0.1, 0.15) is 10.8 Å². The van der Waals surface area contributed by atoms with Gasteiger partial charge in [0, 0.05) is 13.6 Å². The lowest BCUT2D eigenvalue weighted by atomic mass is 10.2. The van der Waals surface area contributed by atoms with Crippen LogP contribution in [0.25, 0.3) is 0 Å². The average molecular weight is 322 g/mol. The maximum absolute atomic E-state index is 11.7. The van der Waals surface area contributed by atoms with Gasteiger partial charge in [-0.2, -0.15) is 5.10 Å². The standard InChI is InChI=1S/C16H20ClN3O2/c1-11(2)10-22-13-6-4-5-12(7-13)8-18-14-9-19-20(3)16(21)15(14)17/h4-7,9,11,18H,8,10H2,1-3H3. The third kappa shape index (κ3) is 4.24. The van der Waals surface area contributed by atoms with Crippen LogP contribution in [0.4, 0.5) is 5.69 Å². The molecule has 0 amide bonds. The van der Waals surface area contributed by atoms with Crippen LogP contribution in [0, 0.1) is 5.92 Å². The first-order valence-corrected chi connectivity index (χ1v) is 7.52. The Bertz CT molecular complexity index is 698. The van der Waals surface area contributed by atoms with Gasteiger partial charge in [0.05, 0.1) is 18.5 Å². The van der Waals surface area contributed by atoms with Crippen molar-refractivity contribution in [2.45, 2.75) is 20.4 Å². The number of nitrogens with one attached hydrogen (secondary N) is 1. The third-order valence-electron chi connectivity index (χ3n) is 3.04. The van der Waals surface area contributed by atoms with Crippen LogP contribution in [0.3, 0.4) is 0 Å². The molecule has 0 radical (unpaired) electrons. The number of halogens is 1. The molecule has 0 aliphatic carbocycles. The van der Waals surface area contributed by atoms with E-state index in [1.807, 2.05) is 24.3 Å². The van der Waals surface area contributed by atoms with E-state index in [0.29, 0.717) is 24.8 Å². The Balaban J connectivity index is 2.04. The van der Waals surface area contributed by atoms with Crippen LogP contribution in [0.5, 0.6) is 5.75 Å². The second kappa shape index (κ2) is 7.31. The van der Waals surface area contributed by atoms with Gasteiger partial charge in [-0.1, -0.05) is 37.6 Å². The number of hydrogen-bond donors (Lipinski definition) is 1. The zero-order valence-electron chi connectivity index (χ0n) is 13.0. The molecule has 1 aromatic heterocycles. The van der Waals surface area contributed by atoms with Gasteiger partial charge in [-0.05, 0) is 23.6 Å². The van der Waals surface area contributed by atoms with Gasteiger partial charge in [0.25, 0.3) is 5.56 Å². The van der Waals surface area contributed by atoms with E-state index in [2.05, 4.69) is 24.3 Å². The van der Waals surface area contributed by atoms with Crippen molar-refractivity contribution in [3.8, 4) is 5.75 Å². The Morgan fingerprint density at radius 1 is 1.41 bits per heavy atom. The molecule has 22 heavy (non-hydrogen) atoms. The lowest BCUT2D eigenvalue weighted by Crippen LogP contribution is -2.21. The van der Waals surface area contributed by atoms with Gasteiger partial charge < -0.3 is 10.1 Å². The van der Waals surface area contributed by atoms with Crippen LogP contribution in [-0.4, -0.2) is 16.4 Å². The van der Waals surface area contributed by atoms with Crippen LogP contribution >= 0.6 is 11.6 Å². The summed E-state index contributed by atoms with van der Waals surface area (Å²) in [6, 6.07) is 7.82. The number of hydrogen-bond acceptors (Lipinski definition) is 4. The molecule has 5 nitrogen and oxygen atoms in total. The summed E-state index contributed by atoms with van der Waals surface area (Å²) < 4.78 is 6.90. The first-order valence-electron chi connectivity index (χ1n) is 7.15. The fourth-order valence-electron chi connectivity index (χ4n) is 1.84. The number of aryl methyl sites for hydroxylation is 1. The van der Waals surface area contributed by atoms with Gasteiger partial charge in [0.2, 0.25) is 0 Å². The molecule has 0 unspecified atom stereocenters. The van der Waals surface area contributed by atoms with Crippen molar-refractivity contribution in [3.63, 3.8) is 0 Å². The molecule has 6 heteroatoms. The quantitative estimate of drug-likeness (QED) is 0.888. The largest absolute Gasteiger partial charge is 0.493 e. The predicted octanol–water partition coefficient (Wildman–Crippen LogP) is 3.08. The van der Waals surface area contributed by atoms with Gasteiger partial charge in [-0.3, -0.25) is 4.79 Å². The zero-order valence-corrected chi connectivity index (χ0v) is 13.7. The molecule has 0 bridgehead atoms. The number of rotatable bonds is 6. The van der Waals surface area contributed by atoms with Gasteiger partial charge >= 0.3 is 0 Å². The Morgan fingerprint density at radius 2 is 2.18 bits per heavy atom. The van der Waals surface area contributed by atoms with Crippen LogP contribution in [0.15, 0.2) is 35.3 Å². The highest BCUT2D eigenvalue weighted by atomic mass is 35.5. The lowest BCUT2D eigenvalue weighted by Gasteiger charge is -2.11. The smallest absolute Gasteiger partial charge is 0.287 e. The molecule has 118 valence electrons. The monoisotopic (exact) mass is 321 g/mol. The Kier molecular flexibility index (Phi) is 5.44. The molecular formula is C16H20ClN3O2. The van der Waals surface area contributed by atoms with E-state index in [4.69, 9.17) is 16.3 Å². The van der Waals surface area contributed by atoms with Gasteiger partial charge in [-0.15, -0.1) is 0 Å². The number of nitrogens with zero attached hydrogens (tertiary/aromatic N) is 2. The van der Waals surface area contributed by atoms with E-state index in [9.17, 15) is 4.79 Å². The summed E-state index contributed by atoms with van der Waals surface area (Å²) >= 11 is 6.02. The van der Waals surface area contributed by atoms with Gasteiger partial charge in [0.15, 0.2) is 0 Å². The van der Waals surface area contributed by atoms with Crippen molar-refractivity contribution < 1.29 is 4.74 Å². The molecule has 2 rings (SSSR count). The highest BCUT2D eigenvalue weighted by Crippen LogP contribution is 2.18. The summed E-state index contributed by atoms with van der Waals surface area (Å²) in [4.78, 5) is 11.7. The highest BCUT2D eigenvalue weighted by molar-refractivity contribution is 6.32. The molecule has 2 aromatic rings. The minimum Gasteiger partial charge on any atom is -0.493 e. The maximum Gasteiger partial charge on any atom is 0.287 e. The molecule has 0 fully saturated rings. The summed E-state index contributed by atoms with van der Waals surface area (Å²) in [7, 11) is 1.56. The van der Waals surface area contributed by atoms with Crippen LogP contribution in [-0.2, 0) is 13.6 Å². The second-order valence-electron chi connectivity index (χ2n) is 5.51. The maximum atomic E-state index is 11.7. The summed E-state index contributed by atoms with van der Waals surface area (Å²) in [6.45, 7) is 5.43. The topological polar surface area (TPSA) is 56.1 Å². The zero-order chi connectivity index (χ0) is 16.1. The molecule has 1 heterocycles. The fraction of sp³-hybridized carbons (Fsp3) is 0.375. The number of benzene rings is 1. The van der Waals surface area contributed by atoms with E-state index in [-0.39, 0.29) is 10.6 Å². The van der Waals surface area contributed by atoms with Crippen LogP contribution < -0.4 is 15.6 Å². The van der Waals surface area contributed by atoms with E-state index < -0.39 is 0 Å². The van der Waals surface area contributed by atoms with E-state index in [0.717, 1.165) is 11.3 Å². The molecule has 0 spiro atoms. The first-order chi connectivity index (χ1) is 10.5. The van der Waals surface area contributed by atoms with E-state index >= 15 is 0 Å². The third-order valence-corrected chi connectivity index (χ3v) is 3.41. The molecule has 0 aliphatic heterocycles. The van der Waals surface area contributed by atoms with Crippen molar-refractivity contribution >= 4 is 17.3 Å². The average Bonchev–Trinajstić information content (AvgIpc) is 2.50. The predicted molar refractivity (Wildman–Crippen MR) is 88.6 cm³/mol. The van der Waals surface area contributed by atoms with Crippen LogP contribution in [0.2, 0.25) is 5.02 Å². The summed E-state index contributed by atoms with van der Waals surface area (Å²) in [5, 5.41) is 7.22.